The van der Waals surface area contributed by atoms with Crippen molar-refractivity contribution in [1.29, 1.82) is 0 Å². The van der Waals surface area contributed by atoms with Crippen LogP contribution in [-0.4, -0.2) is 53.8 Å². The molecule has 1 heterocycles. The van der Waals surface area contributed by atoms with E-state index in [2.05, 4.69) is 6.92 Å². The molecule has 0 aromatic heterocycles. The fourth-order valence-corrected chi connectivity index (χ4v) is 3.39. The van der Waals surface area contributed by atoms with Gasteiger partial charge in [-0.15, -0.1) is 0 Å². The third-order valence-corrected chi connectivity index (χ3v) is 5.10. The molecule has 142 valence electrons. The Balaban J connectivity index is 1.53. The van der Waals surface area contributed by atoms with Crippen LogP contribution < -0.4 is 5.73 Å². The van der Waals surface area contributed by atoms with Crippen molar-refractivity contribution in [3.8, 4) is 0 Å². The van der Waals surface area contributed by atoms with Crippen molar-refractivity contribution >= 4 is 11.8 Å². The zero-order chi connectivity index (χ0) is 19.2. The molecule has 0 radical (unpaired) electrons. The van der Waals surface area contributed by atoms with E-state index in [1.165, 1.54) is 5.56 Å². The Kier molecular flexibility index (Phi) is 6.24. The molecule has 0 saturated carbocycles. The van der Waals surface area contributed by atoms with Crippen molar-refractivity contribution in [2.24, 2.45) is 5.73 Å². The Bertz CT molecular complexity index is 766. The zero-order valence-electron chi connectivity index (χ0n) is 15.8. The minimum Gasteiger partial charge on any atom is -0.338 e. The van der Waals surface area contributed by atoms with Gasteiger partial charge in [-0.1, -0.05) is 49.4 Å². The molecule has 2 N–H and O–H groups in total. The third kappa shape index (κ3) is 4.74. The topological polar surface area (TPSA) is 66.6 Å². The third-order valence-electron chi connectivity index (χ3n) is 5.10. The fraction of sp³-hybridized carbons (Fsp3) is 0.364. The molecule has 0 aliphatic carbocycles. The number of rotatable bonds is 5. The molecule has 5 heteroatoms. The minimum absolute atomic E-state index is 0.0262. The lowest BCUT2D eigenvalue weighted by Crippen LogP contribution is -2.54. The largest absolute Gasteiger partial charge is 0.338 e. The van der Waals surface area contributed by atoms with Crippen LogP contribution in [0.2, 0.25) is 0 Å². The number of aryl methyl sites for hydroxylation is 1. The van der Waals surface area contributed by atoms with E-state index in [1.807, 2.05) is 59.5 Å². The van der Waals surface area contributed by atoms with Crippen LogP contribution in [-0.2, 0) is 17.6 Å². The normalized spacial score (nSPS) is 15.5. The Labute approximate surface area is 160 Å². The van der Waals surface area contributed by atoms with Crippen molar-refractivity contribution in [1.82, 2.24) is 9.80 Å². The molecule has 5 nitrogen and oxygen atoms in total. The highest BCUT2D eigenvalue weighted by Gasteiger charge is 2.27. The monoisotopic (exact) mass is 365 g/mol. The van der Waals surface area contributed by atoms with E-state index in [0.717, 1.165) is 12.0 Å². The highest BCUT2D eigenvalue weighted by atomic mass is 16.2. The fourth-order valence-electron chi connectivity index (χ4n) is 3.39. The quantitative estimate of drug-likeness (QED) is 0.882. The summed E-state index contributed by atoms with van der Waals surface area (Å²) in [7, 11) is 0. The van der Waals surface area contributed by atoms with Gasteiger partial charge in [-0.25, -0.2) is 0 Å². The number of carbonyl (C=O) groups is 2. The number of carbonyl (C=O) groups excluding carboxylic acids is 2. The molecule has 1 atom stereocenters. The number of benzene rings is 2. The predicted octanol–water partition coefficient (Wildman–Crippen LogP) is 2.10. The average molecular weight is 365 g/mol. The molecule has 2 aromatic rings. The molecule has 1 aliphatic heterocycles. The van der Waals surface area contributed by atoms with Crippen LogP contribution in [0.15, 0.2) is 54.6 Å². The van der Waals surface area contributed by atoms with Crippen LogP contribution in [0.3, 0.4) is 0 Å². The van der Waals surface area contributed by atoms with Crippen LogP contribution in [0.25, 0.3) is 0 Å². The van der Waals surface area contributed by atoms with Crippen molar-refractivity contribution < 1.29 is 9.59 Å². The number of nitrogens with two attached hydrogens (primary N) is 1. The van der Waals surface area contributed by atoms with E-state index in [9.17, 15) is 9.59 Å². The highest BCUT2D eigenvalue weighted by Crippen LogP contribution is 2.12. The van der Waals surface area contributed by atoms with Gasteiger partial charge in [0.05, 0.1) is 6.04 Å². The molecule has 1 saturated heterocycles. The Morgan fingerprint density at radius 2 is 1.48 bits per heavy atom. The Hall–Kier alpha value is -2.66. The lowest BCUT2D eigenvalue weighted by molar-refractivity contribution is -0.134. The summed E-state index contributed by atoms with van der Waals surface area (Å²) in [5.74, 6) is -0.0170. The van der Waals surface area contributed by atoms with Crippen molar-refractivity contribution in [2.75, 3.05) is 26.2 Å². The van der Waals surface area contributed by atoms with Crippen LogP contribution in [0.5, 0.6) is 0 Å². The summed E-state index contributed by atoms with van der Waals surface area (Å²) in [6.07, 6.45) is 1.49. The van der Waals surface area contributed by atoms with Gasteiger partial charge in [0.2, 0.25) is 5.91 Å². The SMILES string of the molecule is CCc1ccc(C(=O)N2CCN(C(=O)C(N)Cc3ccccc3)CC2)cc1. The van der Waals surface area contributed by atoms with Crippen LogP contribution >= 0.6 is 0 Å². The van der Waals surface area contributed by atoms with Gasteiger partial charge in [0.25, 0.3) is 5.91 Å². The molecule has 1 fully saturated rings. The van der Waals surface area contributed by atoms with E-state index in [4.69, 9.17) is 5.73 Å². The van der Waals surface area contributed by atoms with E-state index < -0.39 is 6.04 Å². The summed E-state index contributed by atoms with van der Waals surface area (Å²) in [4.78, 5) is 28.9. The second kappa shape index (κ2) is 8.82. The molecular formula is C22H27N3O2. The van der Waals surface area contributed by atoms with Gasteiger partial charge in [-0.05, 0) is 36.1 Å². The van der Waals surface area contributed by atoms with Gasteiger partial charge < -0.3 is 15.5 Å². The standard InChI is InChI=1S/C22H27N3O2/c1-2-17-8-10-19(11-9-17)21(26)24-12-14-25(15-13-24)22(27)20(23)16-18-6-4-3-5-7-18/h3-11,20H,2,12-16,23H2,1H3. The van der Waals surface area contributed by atoms with Gasteiger partial charge in [-0.2, -0.15) is 0 Å². The molecular weight excluding hydrogens is 338 g/mol. The first-order valence-corrected chi connectivity index (χ1v) is 9.55. The second-order valence-electron chi connectivity index (χ2n) is 6.96. The van der Waals surface area contributed by atoms with Gasteiger partial charge in [-0.3, -0.25) is 9.59 Å². The molecule has 0 bridgehead atoms. The van der Waals surface area contributed by atoms with Gasteiger partial charge in [0.15, 0.2) is 0 Å². The number of piperazine rings is 1. The lowest BCUT2D eigenvalue weighted by Gasteiger charge is -2.36. The summed E-state index contributed by atoms with van der Waals surface area (Å²) in [6, 6.07) is 17.0. The van der Waals surface area contributed by atoms with Gasteiger partial charge in [0.1, 0.15) is 0 Å². The molecule has 2 amide bonds. The maximum Gasteiger partial charge on any atom is 0.253 e. The first-order chi connectivity index (χ1) is 13.1. The molecule has 1 aliphatic rings. The van der Waals surface area contributed by atoms with Crippen LogP contribution in [0.4, 0.5) is 0 Å². The first-order valence-electron chi connectivity index (χ1n) is 9.55. The summed E-state index contributed by atoms with van der Waals surface area (Å²) < 4.78 is 0. The number of hydrogen-bond acceptors (Lipinski definition) is 3. The lowest BCUT2D eigenvalue weighted by atomic mass is 10.1. The van der Waals surface area contributed by atoms with Gasteiger partial charge in [0, 0.05) is 31.7 Å². The van der Waals surface area contributed by atoms with Crippen molar-refractivity contribution in [3.63, 3.8) is 0 Å². The minimum atomic E-state index is -0.545. The Morgan fingerprint density at radius 1 is 0.889 bits per heavy atom. The van der Waals surface area contributed by atoms with Crippen LogP contribution in [0.1, 0.15) is 28.4 Å². The first kappa shape index (κ1) is 19.1. The summed E-state index contributed by atoms with van der Waals surface area (Å²) in [5, 5.41) is 0. The predicted molar refractivity (Wildman–Crippen MR) is 106 cm³/mol. The maximum atomic E-state index is 12.6. The van der Waals surface area contributed by atoms with Crippen LogP contribution in [0, 0.1) is 0 Å². The summed E-state index contributed by atoms with van der Waals surface area (Å²) in [5.41, 5.74) is 9.10. The van der Waals surface area contributed by atoms with E-state index in [1.54, 1.807) is 4.90 Å². The summed E-state index contributed by atoms with van der Waals surface area (Å²) in [6.45, 7) is 4.23. The molecule has 3 rings (SSSR count). The van der Waals surface area contributed by atoms with E-state index in [0.29, 0.717) is 38.2 Å². The molecule has 2 aromatic carbocycles. The average Bonchev–Trinajstić information content (AvgIpc) is 2.73. The smallest absolute Gasteiger partial charge is 0.253 e. The van der Waals surface area contributed by atoms with E-state index >= 15 is 0 Å². The number of amides is 2. The van der Waals surface area contributed by atoms with Gasteiger partial charge >= 0.3 is 0 Å². The number of nitrogens with zero attached hydrogens (tertiary/aromatic N) is 2. The maximum absolute atomic E-state index is 12.6. The number of hydrogen-bond donors (Lipinski definition) is 1. The van der Waals surface area contributed by atoms with Crippen molar-refractivity contribution in [3.05, 3.63) is 71.3 Å². The highest BCUT2D eigenvalue weighted by molar-refractivity contribution is 5.94. The molecule has 27 heavy (non-hydrogen) atoms. The molecule has 0 spiro atoms. The van der Waals surface area contributed by atoms with Crippen molar-refractivity contribution in [2.45, 2.75) is 25.8 Å². The Morgan fingerprint density at radius 3 is 2.07 bits per heavy atom. The molecule has 1 unspecified atom stereocenters. The summed E-state index contributed by atoms with van der Waals surface area (Å²) >= 11 is 0. The zero-order valence-corrected chi connectivity index (χ0v) is 15.8. The second-order valence-corrected chi connectivity index (χ2v) is 6.96. The van der Waals surface area contributed by atoms with E-state index in [-0.39, 0.29) is 11.8 Å².